The zero-order valence-corrected chi connectivity index (χ0v) is 37.4. The van der Waals surface area contributed by atoms with Gasteiger partial charge in [0.25, 0.3) is 0 Å². The van der Waals surface area contributed by atoms with Crippen molar-refractivity contribution < 1.29 is 35.7 Å². The van der Waals surface area contributed by atoms with Crippen molar-refractivity contribution in [2.75, 3.05) is 50.7 Å². The van der Waals surface area contributed by atoms with E-state index in [1.165, 1.54) is 193 Å². The van der Waals surface area contributed by atoms with E-state index in [0.29, 0.717) is 6.07 Å². The number of unbranched alkanes of at least 4 members (excludes halogenated alkanes) is 18. The van der Waals surface area contributed by atoms with Gasteiger partial charge in [0, 0.05) is 0 Å². The van der Waals surface area contributed by atoms with Crippen LogP contribution in [0.15, 0.2) is 21.9 Å². The van der Waals surface area contributed by atoms with E-state index in [4.69, 9.17) is 11.5 Å². The van der Waals surface area contributed by atoms with Crippen LogP contribution < -0.4 is 21.3 Å². The Balaban J connectivity index is 0. The summed E-state index contributed by atoms with van der Waals surface area (Å²) in [7, 11) is -9.93. The minimum absolute atomic E-state index is 0.356. The molecule has 12 heteroatoms. The van der Waals surface area contributed by atoms with E-state index >= 15 is 0 Å². The van der Waals surface area contributed by atoms with Crippen molar-refractivity contribution in [2.45, 2.75) is 205 Å². The van der Waals surface area contributed by atoms with E-state index in [9.17, 15) is 25.9 Å². The summed E-state index contributed by atoms with van der Waals surface area (Å²) in [5, 5.41) is 0. The Morgan fingerprint density at radius 2 is 0.593 bits per heavy atom. The van der Waals surface area contributed by atoms with Crippen molar-refractivity contribution in [3.63, 3.8) is 0 Å². The summed E-state index contributed by atoms with van der Waals surface area (Å²) >= 11 is 0. The van der Waals surface area contributed by atoms with E-state index in [0.717, 1.165) is 6.07 Å². The topological polar surface area (TPSA) is 175 Å². The van der Waals surface area contributed by atoms with Gasteiger partial charge in [-0.2, -0.15) is 0 Å². The fourth-order valence-corrected chi connectivity index (χ4v) is 7.88. The molecule has 0 aliphatic heterocycles. The van der Waals surface area contributed by atoms with Crippen LogP contribution in [-0.4, -0.2) is 65.2 Å². The Morgan fingerprint density at radius 1 is 0.389 bits per heavy atom. The number of nitrogen functional groups attached to an aromatic ring is 2. The monoisotopic (exact) mass is 807 g/mol. The van der Waals surface area contributed by atoms with E-state index in [1.807, 2.05) is 9.80 Å². The Morgan fingerprint density at radius 3 is 0.759 bits per heavy atom. The molecule has 0 amide bonds. The maximum Gasteiger partial charge on any atom is 0.126 e. The van der Waals surface area contributed by atoms with Gasteiger partial charge < -0.3 is 30.4 Å². The number of anilines is 2. The lowest BCUT2D eigenvalue weighted by molar-refractivity contribution is -0.901. The molecular formula is C42H86N4O6S2. The Kier molecular flexibility index (Phi) is 36.4. The largest absolute Gasteiger partial charge is 0.744 e. The molecule has 1 aromatic carbocycles. The van der Waals surface area contributed by atoms with Crippen LogP contribution in [0.5, 0.6) is 0 Å². The van der Waals surface area contributed by atoms with Crippen LogP contribution in [0.2, 0.25) is 0 Å². The van der Waals surface area contributed by atoms with Crippen LogP contribution in [0.25, 0.3) is 0 Å². The van der Waals surface area contributed by atoms with Crippen LogP contribution in [0.3, 0.4) is 0 Å². The highest BCUT2D eigenvalue weighted by molar-refractivity contribution is 7.86. The molecule has 0 saturated heterocycles. The van der Waals surface area contributed by atoms with Crippen molar-refractivity contribution in [3.8, 4) is 0 Å². The summed E-state index contributed by atoms with van der Waals surface area (Å²) in [6.45, 7) is 22.4. The van der Waals surface area contributed by atoms with E-state index in [2.05, 4.69) is 41.5 Å². The average Bonchev–Trinajstić information content (AvgIpc) is 3.11. The third kappa shape index (κ3) is 31.7. The quantitative estimate of drug-likeness (QED) is 0.0323. The first-order valence-corrected chi connectivity index (χ1v) is 24.8. The van der Waals surface area contributed by atoms with Crippen molar-refractivity contribution in [1.82, 2.24) is 0 Å². The maximum atomic E-state index is 10.7. The molecule has 0 aromatic heterocycles. The molecule has 0 aliphatic rings. The molecule has 0 saturated carbocycles. The lowest BCUT2D eigenvalue weighted by Gasteiger charge is -2.19. The Bertz CT molecular complexity index is 1070. The van der Waals surface area contributed by atoms with Crippen molar-refractivity contribution >= 4 is 31.6 Å². The standard InChI is InChI=1S/2C18H39N.C6H8N2O6S2/c2*1-4-7-10-13-16-19(17-14-11-8-5-2)18-15-12-9-6-3;7-3-1-4(8)6(16(12,13)14)2-5(3)15(9,10)11/h2*4-18H2,1-3H3;1-2H,7-8H2,(H,9,10,11)(H,12,13,14). The van der Waals surface area contributed by atoms with Gasteiger partial charge in [0.2, 0.25) is 0 Å². The molecule has 322 valence electrons. The minimum atomic E-state index is -4.97. The summed E-state index contributed by atoms with van der Waals surface area (Å²) < 4.78 is 64.0. The van der Waals surface area contributed by atoms with E-state index < -0.39 is 41.4 Å². The Labute approximate surface area is 334 Å². The normalized spacial score (nSPS) is 11.7. The number of quaternary nitrogens is 2. The molecule has 0 heterocycles. The highest BCUT2D eigenvalue weighted by Gasteiger charge is 2.15. The summed E-state index contributed by atoms with van der Waals surface area (Å²) in [6, 6.07) is 1.09. The first-order valence-electron chi connectivity index (χ1n) is 22.0. The number of hydrogen-bond acceptors (Lipinski definition) is 8. The SMILES string of the molecule is CCCCCC[NH+](CCCCCC)CCCCCC.CCCCCC[NH+](CCCCCC)CCCCCC.Nc1cc(N)c(S(=O)(=O)[O-])cc1S(=O)(=O)[O-]. The third-order valence-corrected chi connectivity index (χ3v) is 11.8. The van der Waals surface area contributed by atoms with E-state index in [-0.39, 0.29) is 0 Å². The van der Waals surface area contributed by atoms with Gasteiger partial charge in [-0.15, -0.1) is 0 Å². The van der Waals surface area contributed by atoms with Crippen LogP contribution >= 0.6 is 0 Å². The second kappa shape index (κ2) is 35.9. The lowest BCUT2D eigenvalue weighted by atomic mass is 10.1. The fourth-order valence-electron chi connectivity index (χ4n) is 6.59. The first kappa shape index (κ1) is 54.7. The molecule has 0 atom stereocenters. The average molecular weight is 807 g/mol. The maximum absolute atomic E-state index is 10.7. The predicted molar refractivity (Wildman–Crippen MR) is 227 cm³/mol. The molecular weight excluding hydrogens is 721 g/mol. The van der Waals surface area contributed by atoms with E-state index in [1.54, 1.807) is 0 Å². The van der Waals surface area contributed by atoms with Gasteiger partial charge in [-0.3, -0.25) is 0 Å². The van der Waals surface area contributed by atoms with Crippen molar-refractivity contribution in [3.05, 3.63) is 12.1 Å². The molecule has 0 fully saturated rings. The highest BCUT2D eigenvalue weighted by Crippen LogP contribution is 2.27. The van der Waals surface area contributed by atoms with Crippen LogP contribution in [-0.2, 0) is 20.2 Å². The van der Waals surface area contributed by atoms with Gasteiger partial charge >= 0.3 is 0 Å². The minimum Gasteiger partial charge on any atom is -0.744 e. The summed E-state index contributed by atoms with van der Waals surface area (Å²) in [5.74, 6) is 0. The molecule has 0 aliphatic carbocycles. The van der Waals surface area contributed by atoms with Crippen molar-refractivity contribution in [2.24, 2.45) is 0 Å². The molecule has 54 heavy (non-hydrogen) atoms. The summed E-state index contributed by atoms with van der Waals surface area (Å²) in [4.78, 5) is 1.80. The van der Waals surface area contributed by atoms with Crippen LogP contribution in [0, 0.1) is 0 Å². The zero-order valence-electron chi connectivity index (χ0n) is 35.8. The number of nitrogens with one attached hydrogen (secondary N) is 2. The van der Waals surface area contributed by atoms with Gasteiger partial charge in [0.15, 0.2) is 0 Å². The van der Waals surface area contributed by atoms with Crippen LogP contribution in [0.4, 0.5) is 11.4 Å². The van der Waals surface area contributed by atoms with Gasteiger partial charge in [-0.25, -0.2) is 16.8 Å². The summed E-state index contributed by atoms with van der Waals surface area (Å²) in [6.07, 6.45) is 34.1. The van der Waals surface area contributed by atoms with Gasteiger partial charge in [0.1, 0.15) is 20.2 Å². The zero-order chi connectivity index (χ0) is 41.1. The second-order valence-corrected chi connectivity index (χ2v) is 17.9. The number of rotatable bonds is 32. The third-order valence-electron chi connectivity index (χ3n) is 9.98. The molecule has 1 aromatic rings. The van der Waals surface area contributed by atoms with Gasteiger partial charge in [0.05, 0.1) is 60.4 Å². The Hall–Kier alpha value is -1.44. The molecule has 6 N–H and O–H groups in total. The highest BCUT2D eigenvalue weighted by atomic mass is 32.2. The smallest absolute Gasteiger partial charge is 0.126 e. The molecule has 0 bridgehead atoms. The summed E-state index contributed by atoms with van der Waals surface area (Å²) in [5.41, 5.74) is 9.30. The first-order chi connectivity index (χ1) is 25.7. The predicted octanol–water partition coefficient (Wildman–Crippen LogP) is 7.88. The number of nitrogens with two attached hydrogens (primary N) is 2. The molecule has 1 rings (SSSR count). The van der Waals surface area contributed by atoms with Gasteiger partial charge in [-0.1, -0.05) is 119 Å². The van der Waals surface area contributed by atoms with Crippen LogP contribution in [0.1, 0.15) is 196 Å². The number of hydrogen-bond donors (Lipinski definition) is 4. The van der Waals surface area contributed by atoms with Gasteiger partial charge in [-0.05, 0) is 89.2 Å². The molecule has 0 unspecified atom stereocenters. The second-order valence-electron chi connectivity index (χ2n) is 15.2. The van der Waals surface area contributed by atoms with Crippen molar-refractivity contribution in [1.29, 1.82) is 0 Å². The lowest BCUT2D eigenvalue weighted by Crippen LogP contribution is -3.12. The molecule has 10 nitrogen and oxygen atoms in total. The molecule has 0 spiro atoms. The number of benzene rings is 1. The molecule has 0 radical (unpaired) electrons. The fraction of sp³-hybridized carbons (Fsp3) is 0.857.